The minimum absolute atomic E-state index is 0.179. The van der Waals surface area contributed by atoms with E-state index in [4.69, 9.17) is 9.47 Å². The van der Waals surface area contributed by atoms with Crippen LogP contribution < -0.4 is 0 Å². The summed E-state index contributed by atoms with van der Waals surface area (Å²) in [5, 5.41) is 0. The van der Waals surface area contributed by atoms with Gasteiger partial charge < -0.3 is 9.47 Å². The van der Waals surface area contributed by atoms with Crippen molar-refractivity contribution in [3.05, 3.63) is 0 Å². The lowest BCUT2D eigenvalue weighted by molar-refractivity contribution is -0.163. The van der Waals surface area contributed by atoms with Gasteiger partial charge >= 0.3 is 5.97 Å². The van der Waals surface area contributed by atoms with Gasteiger partial charge in [-0.05, 0) is 69.1 Å². The number of esters is 1. The molecule has 0 radical (unpaired) electrons. The van der Waals surface area contributed by atoms with Crippen LogP contribution in [0.1, 0.15) is 58.3 Å². The number of hydrogen-bond donors (Lipinski definition) is 0. The first-order valence-electron chi connectivity index (χ1n) is 7.92. The van der Waals surface area contributed by atoms with Gasteiger partial charge in [0, 0.05) is 13.5 Å². The Labute approximate surface area is 116 Å². The Hall–Kier alpha value is -0.570. The number of rotatable bonds is 6. The van der Waals surface area contributed by atoms with Gasteiger partial charge in [0.15, 0.2) is 0 Å². The van der Waals surface area contributed by atoms with Crippen molar-refractivity contribution >= 4 is 5.97 Å². The number of ether oxygens (including phenoxy) is 2. The number of carbonyl (C=O) groups is 1. The molecule has 4 aliphatic carbocycles. The highest BCUT2D eigenvalue weighted by Gasteiger charge is 2.51. The molecule has 0 amide bonds. The van der Waals surface area contributed by atoms with Crippen molar-refractivity contribution in [1.29, 1.82) is 0 Å². The minimum atomic E-state index is -0.179. The van der Waals surface area contributed by atoms with E-state index in [1.807, 2.05) is 0 Å². The SMILES string of the molecule is CC(=O)OCCCCOC12CC3CC(CC(C3)C1)C2. The predicted molar refractivity (Wildman–Crippen MR) is 72.7 cm³/mol. The molecule has 0 unspecified atom stereocenters. The van der Waals surface area contributed by atoms with E-state index < -0.39 is 0 Å². The largest absolute Gasteiger partial charge is 0.466 e. The van der Waals surface area contributed by atoms with Gasteiger partial charge in [-0.1, -0.05) is 0 Å². The van der Waals surface area contributed by atoms with Crippen LogP contribution in [-0.2, 0) is 14.3 Å². The van der Waals surface area contributed by atoms with Crippen molar-refractivity contribution in [2.24, 2.45) is 17.8 Å². The number of hydrogen-bond acceptors (Lipinski definition) is 3. The summed E-state index contributed by atoms with van der Waals surface area (Å²) in [6.45, 7) is 2.85. The molecular formula is C16H26O3. The third-order valence-electron chi connectivity index (χ3n) is 5.23. The van der Waals surface area contributed by atoms with Gasteiger partial charge in [-0.3, -0.25) is 4.79 Å². The molecule has 0 aromatic heterocycles. The molecule has 4 fully saturated rings. The van der Waals surface area contributed by atoms with Gasteiger partial charge in [0.2, 0.25) is 0 Å². The summed E-state index contributed by atoms with van der Waals surface area (Å²) in [5.41, 5.74) is 0.232. The third-order valence-corrected chi connectivity index (χ3v) is 5.23. The highest BCUT2D eigenvalue weighted by Crippen LogP contribution is 2.57. The summed E-state index contributed by atoms with van der Waals surface area (Å²) in [6.07, 6.45) is 10.3. The summed E-state index contributed by atoms with van der Waals surface area (Å²) in [4.78, 5) is 10.7. The molecular weight excluding hydrogens is 240 g/mol. The van der Waals surface area contributed by atoms with Crippen LogP contribution in [-0.4, -0.2) is 24.8 Å². The first-order valence-corrected chi connectivity index (χ1v) is 7.92. The van der Waals surface area contributed by atoms with Crippen LogP contribution in [0.3, 0.4) is 0 Å². The highest BCUT2D eigenvalue weighted by molar-refractivity contribution is 5.65. The zero-order valence-corrected chi connectivity index (χ0v) is 12.0. The zero-order chi connectivity index (χ0) is 13.3. The molecule has 3 nitrogen and oxygen atoms in total. The first-order chi connectivity index (χ1) is 9.15. The Morgan fingerprint density at radius 3 is 2.05 bits per heavy atom. The first kappa shape index (κ1) is 13.4. The summed E-state index contributed by atoms with van der Waals surface area (Å²) in [7, 11) is 0. The Kier molecular flexibility index (Phi) is 3.84. The van der Waals surface area contributed by atoms with Crippen molar-refractivity contribution in [3.63, 3.8) is 0 Å². The fourth-order valence-electron chi connectivity index (χ4n) is 4.92. The molecule has 0 aliphatic heterocycles. The van der Waals surface area contributed by atoms with Crippen LogP contribution in [0.5, 0.6) is 0 Å². The molecule has 4 aliphatic rings. The topological polar surface area (TPSA) is 35.5 Å². The monoisotopic (exact) mass is 266 g/mol. The second kappa shape index (κ2) is 5.43. The van der Waals surface area contributed by atoms with Gasteiger partial charge in [-0.25, -0.2) is 0 Å². The molecule has 3 heteroatoms. The Morgan fingerprint density at radius 1 is 1.00 bits per heavy atom. The molecule has 108 valence electrons. The maximum atomic E-state index is 10.7. The Balaban J connectivity index is 1.39. The van der Waals surface area contributed by atoms with E-state index in [-0.39, 0.29) is 11.6 Å². The average molecular weight is 266 g/mol. The van der Waals surface area contributed by atoms with Crippen LogP contribution in [0.4, 0.5) is 0 Å². The van der Waals surface area contributed by atoms with Gasteiger partial charge in [0.1, 0.15) is 0 Å². The van der Waals surface area contributed by atoms with E-state index >= 15 is 0 Å². The van der Waals surface area contributed by atoms with Crippen LogP contribution in [0.15, 0.2) is 0 Å². The zero-order valence-electron chi connectivity index (χ0n) is 12.0. The standard InChI is InChI=1S/C16H26O3/c1-12(17)18-4-2-3-5-19-16-9-13-6-14(10-16)8-15(7-13)11-16/h13-15H,2-11H2,1H3. The second-order valence-corrected chi connectivity index (χ2v) is 7.00. The lowest BCUT2D eigenvalue weighted by Gasteiger charge is -2.56. The Bertz CT molecular complexity index is 302. The maximum absolute atomic E-state index is 10.7. The molecule has 4 rings (SSSR count). The summed E-state index contributed by atoms with van der Waals surface area (Å²) in [6, 6.07) is 0. The summed E-state index contributed by atoms with van der Waals surface area (Å²) in [5.74, 6) is 2.67. The summed E-state index contributed by atoms with van der Waals surface area (Å²) < 4.78 is 11.3. The molecule has 4 bridgehead atoms. The van der Waals surface area contributed by atoms with Gasteiger partial charge in [-0.15, -0.1) is 0 Å². The van der Waals surface area contributed by atoms with E-state index in [1.54, 1.807) is 0 Å². The molecule has 0 aromatic rings. The van der Waals surface area contributed by atoms with E-state index in [1.165, 1.54) is 45.4 Å². The van der Waals surface area contributed by atoms with Crippen molar-refractivity contribution < 1.29 is 14.3 Å². The van der Waals surface area contributed by atoms with Gasteiger partial charge in [-0.2, -0.15) is 0 Å². The van der Waals surface area contributed by atoms with Gasteiger partial charge in [0.05, 0.1) is 12.2 Å². The number of unbranched alkanes of at least 4 members (excludes halogenated alkanes) is 1. The smallest absolute Gasteiger partial charge is 0.302 e. The Morgan fingerprint density at radius 2 is 1.53 bits per heavy atom. The molecule has 0 atom stereocenters. The lowest BCUT2D eigenvalue weighted by Crippen LogP contribution is -2.52. The molecule has 4 saturated carbocycles. The molecule has 0 heterocycles. The van der Waals surface area contributed by atoms with E-state index in [0.29, 0.717) is 6.61 Å². The van der Waals surface area contributed by atoms with Crippen molar-refractivity contribution in [3.8, 4) is 0 Å². The molecule has 19 heavy (non-hydrogen) atoms. The van der Waals surface area contributed by atoms with Crippen LogP contribution in [0, 0.1) is 17.8 Å². The van der Waals surface area contributed by atoms with Gasteiger partial charge in [0.25, 0.3) is 0 Å². The highest BCUT2D eigenvalue weighted by atomic mass is 16.5. The quantitative estimate of drug-likeness (QED) is 0.546. The van der Waals surface area contributed by atoms with Crippen molar-refractivity contribution in [2.45, 2.75) is 63.9 Å². The third kappa shape index (κ3) is 3.13. The average Bonchev–Trinajstić information content (AvgIpc) is 2.31. The van der Waals surface area contributed by atoms with Crippen LogP contribution >= 0.6 is 0 Å². The number of carbonyl (C=O) groups excluding carboxylic acids is 1. The minimum Gasteiger partial charge on any atom is -0.466 e. The van der Waals surface area contributed by atoms with E-state index in [9.17, 15) is 4.79 Å². The van der Waals surface area contributed by atoms with Crippen molar-refractivity contribution in [1.82, 2.24) is 0 Å². The van der Waals surface area contributed by atoms with Crippen LogP contribution in [0.25, 0.3) is 0 Å². The summed E-state index contributed by atoms with van der Waals surface area (Å²) >= 11 is 0. The molecule has 0 aromatic carbocycles. The molecule has 0 saturated heterocycles. The fourth-order valence-corrected chi connectivity index (χ4v) is 4.92. The molecule has 0 N–H and O–H groups in total. The van der Waals surface area contributed by atoms with Crippen LogP contribution in [0.2, 0.25) is 0 Å². The lowest BCUT2D eigenvalue weighted by atomic mass is 9.54. The normalized spacial score (nSPS) is 39.5. The van der Waals surface area contributed by atoms with Crippen molar-refractivity contribution in [2.75, 3.05) is 13.2 Å². The maximum Gasteiger partial charge on any atom is 0.302 e. The second-order valence-electron chi connectivity index (χ2n) is 7.00. The molecule has 0 spiro atoms. The van der Waals surface area contributed by atoms with E-state index in [2.05, 4.69) is 0 Å². The fraction of sp³-hybridized carbons (Fsp3) is 0.938. The van der Waals surface area contributed by atoms with E-state index in [0.717, 1.165) is 37.2 Å². The predicted octanol–water partition coefficient (Wildman–Crippen LogP) is 3.32.